The second kappa shape index (κ2) is 6.25. The maximum atomic E-state index is 13.8. The van der Waals surface area contributed by atoms with Gasteiger partial charge >= 0.3 is 0 Å². The Bertz CT molecular complexity index is 422. The van der Waals surface area contributed by atoms with Gasteiger partial charge in [-0.25, -0.2) is 13.2 Å². The number of nitrogens with zero attached hydrogens (tertiary/aromatic N) is 1. The van der Waals surface area contributed by atoms with Crippen LogP contribution in [0.25, 0.3) is 0 Å². The van der Waals surface area contributed by atoms with Gasteiger partial charge < -0.3 is 10.1 Å². The predicted molar refractivity (Wildman–Crippen MR) is 66.1 cm³/mol. The molecule has 19 heavy (non-hydrogen) atoms. The molecule has 1 aromatic rings. The van der Waals surface area contributed by atoms with Crippen LogP contribution in [0, 0.1) is 5.82 Å². The lowest BCUT2D eigenvalue weighted by molar-refractivity contribution is 0.0163. The molecule has 0 unspecified atom stereocenters. The van der Waals surface area contributed by atoms with Gasteiger partial charge in [0.2, 0.25) is 0 Å². The summed E-state index contributed by atoms with van der Waals surface area (Å²) in [7, 11) is 1.43. The normalized spacial score (nSPS) is 18.6. The van der Waals surface area contributed by atoms with E-state index in [1.54, 1.807) is 4.90 Å². The Hall–Kier alpha value is -1.27. The molecule has 0 aliphatic carbocycles. The molecule has 6 heteroatoms. The van der Waals surface area contributed by atoms with Crippen molar-refractivity contribution in [3.05, 3.63) is 29.6 Å². The number of nitrogens with one attached hydrogen (secondary N) is 1. The van der Waals surface area contributed by atoms with Crippen molar-refractivity contribution in [1.29, 1.82) is 0 Å². The molecule has 1 aromatic carbocycles. The van der Waals surface area contributed by atoms with Crippen molar-refractivity contribution in [2.24, 2.45) is 0 Å². The summed E-state index contributed by atoms with van der Waals surface area (Å²) in [5.41, 5.74) is -0.00347. The molecular formula is C13H17F3N2O. The molecule has 0 saturated carbocycles. The van der Waals surface area contributed by atoms with E-state index in [9.17, 15) is 13.2 Å². The first-order valence-corrected chi connectivity index (χ1v) is 6.20. The highest BCUT2D eigenvalue weighted by Gasteiger charge is 2.32. The topological polar surface area (TPSA) is 24.5 Å². The zero-order valence-corrected chi connectivity index (χ0v) is 10.7. The summed E-state index contributed by atoms with van der Waals surface area (Å²) in [6.45, 7) is 2.22. The largest absolute Gasteiger partial charge is 0.497 e. The number of rotatable bonds is 4. The molecule has 1 atom stereocenters. The molecule has 0 amide bonds. The lowest BCUT2D eigenvalue weighted by atomic mass is 10.0. The Morgan fingerprint density at radius 1 is 1.26 bits per heavy atom. The summed E-state index contributed by atoms with van der Waals surface area (Å²) in [5, 5.41) is 3.09. The fraction of sp³-hybridized carbons (Fsp3) is 0.538. The zero-order valence-electron chi connectivity index (χ0n) is 10.7. The summed E-state index contributed by atoms with van der Waals surface area (Å²) in [4.78, 5) is 1.61. The second-order valence-corrected chi connectivity index (χ2v) is 4.45. The lowest BCUT2D eigenvalue weighted by Crippen LogP contribution is -2.47. The van der Waals surface area contributed by atoms with Gasteiger partial charge in [-0.1, -0.05) is 0 Å². The highest BCUT2D eigenvalue weighted by atomic mass is 19.3. The molecule has 1 heterocycles. The third-order valence-corrected chi connectivity index (χ3v) is 3.31. The number of benzene rings is 1. The fourth-order valence-electron chi connectivity index (χ4n) is 2.33. The Labute approximate surface area is 110 Å². The van der Waals surface area contributed by atoms with E-state index >= 15 is 0 Å². The fourth-order valence-corrected chi connectivity index (χ4v) is 2.33. The number of hydrogen-bond acceptors (Lipinski definition) is 3. The van der Waals surface area contributed by atoms with Gasteiger partial charge in [0.1, 0.15) is 11.6 Å². The number of alkyl halides is 2. The highest BCUT2D eigenvalue weighted by molar-refractivity contribution is 5.32. The first kappa shape index (κ1) is 14.1. The minimum absolute atomic E-state index is 0.00347. The van der Waals surface area contributed by atoms with Crippen molar-refractivity contribution in [2.75, 3.05) is 33.3 Å². The van der Waals surface area contributed by atoms with E-state index in [0.29, 0.717) is 31.9 Å². The Morgan fingerprint density at radius 3 is 2.53 bits per heavy atom. The molecule has 0 aromatic heterocycles. The van der Waals surface area contributed by atoms with Crippen LogP contribution >= 0.6 is 0 Å². The third-order valence-electron chi connectivity index (χ3n) is 3.31. The van der Waals surface area contributed by atoms with Crippen molar-refractivity contribution >= 4 is 0 Å². The Kier molecular flexibility index (Phi) is 4.66. The van der Waals surface area contributed by atoms with E-state index in [0.717, 1.165) is 0 Å². The van der Waals surface area contributed by atoms with Crippen molar-refractivity contribution in [3.63, 3.8) is 0 Å². The number of piperazine rings is 1. The van der Waals surface area contributed by atoms with Crippen LogP contribution in [0.3, 0.4) is 0 Å². The molecule has 1 saturated heterocycles. The van der Waals surface area contributed by atoms with Crippen molar-refractivity contribution in [1.82, 2.24) is 10.2 Å². The molecular weight excluding hydrogens is 257 g/mol. The van der Waals surface area contributed by atoms with Crippen LogP contribution in [0.5, 0.6) is 5.75 Å². The van der Waals surface area contributed by atoms with E-state index < -0.39 is 18.3 Å². The summed E-state index contributed by atoms with van der Waals surface area (Å²) in [5.74, 6) is -0.234. The highest BCUT2D eigenvalue weighted by Crippen LogP contribution is 2.32. The summed E-state index contributed by atoms with van der Waals surface area (Å²) in [6.07, 6.45) is -2.64. The quantitative estimate of drug-likeness (QED) is 0.909. The lowest BCUT2D eigenvalue weighted by Gasteiger charge is -2.34. The second-order valence-electron chi connectivity index (χ2n) is 4.45. The number of methoxy groups -OCH3 is 1. The van der Waals surface area contributed by atoms with Gasteiger partial charge in [0.15, 0.2) is 0 Å². The number of ether oxygens (including phenoxy) is 1. The minimum Gasteiger partial charge on any atom is -0.497 e. The Balaban J connectivity index is 2.32. The predicted octanol–water partition coefficient (Wildman–Crippen LogP) is 2.05. The molecule has 2 rings (SSSR count). The third kappa shape index (κ3) is 3.19. The van der Waals surface area contributed by atoms with E-state index in [4.69, 9.17) is 4.74 Å². The van der Waals surface area contributed by atoms with Crippen LogP contribution in [0.2, 0.25) is 0 Å². The van der Waals surface area contributed by atoms with E-state index in [1.807, 2.05) is 0 Å². The molecule has 0 radical (unpaired) electrons. The monoisotopic (exact) mass is 274 g/mol. The smallest absolute Gasteiger partial charge is 0.258 e. The summed E-state index contributed by atoms with van der Waals surface area (Å²) >= 11 is 0. The van der Waals surface area contributed by atoms with Crippen LogP contribution in [0.1, 0.15) is 11.6 Å². The molecule has 106 valence electrons. The van der Waals surface area contributed by atoms with Crippen LogP contribution in [0.15, 0.2) is 18.2 Å². The van der Waals surface area contributed by atoms with E-state index in [-0.39, 0.29) is 5.56 Å². The van der Waals surface area contributed by atoms with Gasteiger partial charge in [-0.2, -0.15) is 0 Å². The average Bonchev–Trinajstić information content (AvgIpc) is 2.42. The van der Waals surface area contributed by atoms with Gasteiger partial charge in [0.05, 0.1) is 13.2 Å². The van der Waals surface area contributed by atoms with Gasteiger partial charge in [-0.15, -0.1) is 0 Å². The molecule has 1 aliphatic rings. The molecule has 0 spiro atoms. The molecule has 1 fully saturated rings. The first-order valence-electron chi connectivity index (χ1n) is 6.20. The summed E-state index contributed by atoms with van der Waals surface area (Å²) < 4.78 is 45.5. The maximum absolute atomic E-state index is 13.8. The minimum atomic E-state index is -2.64. The zero-order chi connectivity index (χ0) is 13.8. The van der Waals surface area contributed by atoms with Gasteiger partial charge in [0.25, 0.3) is 6.43 Å². The summed E-state index contributed by atoms with van der Waals surface area (Å²) in [6, 6.07) is 2.73. The van der Waals surface area contributed by atoms with Crippen LogP contribution in [0.4, 0.5) is 13.2 Å². The van der Waals surface area contributed by atoms with Crippen LogP contribution in [-0.2, 0) is 0 Å². The SMILES string of the molecule is COc1ccc(F)c([C@H](C(F)F)N2CCNCC2)c1. The standard InChI is InChI=1S/C13H17F3N2O/c1-19-9-2-3-11(14)10(8-9)12(13(15)16)18-6-4-17-5-7-18/h2-3,8,12-13,17H,4-7H2,1H3/t12-/m1/s1. The first-order chi connectivity index (χ1) is 9.13. The van der Waals surface area contributed by atoms with Crippen molar-refractivity contribution < 1.29 is 17.9 Å². The number of halogens is 3. The molecule has 1 N–H and O–H groups in total. The van der Waals surface area contributed by atoms with Gasteiger partial charge in [-0.05, 0) is 18.2 Å². The Morgan fingerprint density at radius 2 is 1.95 bits per heavy atom. The van der Waals surface area contributed by atoms with Crippen molar-refractivity contribution in [3.8, 4) is 5.75 Å². The molecule has 0 bridgehead atoms. The van der Waals surface area contributed by atoms with Gasteiger partial charge in [-0.3, -0.25) is 4.90 Å². The van der Waals surface area contributed by atoms with Gasteiger partial charge in [0, 0.05) is 31.7 Å². The van der Waals surface area contributed by atoms with E-state index in [2.05, 4.69) is 5.32 Å². The molecule has 1 aliphatic heterocycles. The van der Waals surface area contributed by atoms with Crippen molar-refractivity contribution in [2.45, 2.75) is 12.5 Å². The molecule has 3 nitrogen and oxygen atoms in total. The van der Waals surface area contributed by atoms with Crippen LogP contribution < -0.4 is 10.1 Å². The average molecular weight is 274 g/mol. The maximum Gasteiger partial charge on any atom is 0.258 e. The number of hydrogen-bond donors (Lipinski definition) is 1. The van der Waals surface area contributed by atoms with E-state index in [1.165, 1.54) is 25.3 Å². The van der Waals surface area contributed by atoms with Crippen LogP contribution in [-0.4, -0.2) is 44.6 Å².